The zero-order valence-corrected chi connectivity index (χ0v) is 45.6. The van der Waals surface area contributed by atoms with Crippen LogP contribution in [0.2, 0.25) is 0 Å². The number of allylic oxidation sites excluding steroid dienone is 1. The highest BCUT2D eigenvalue weighted by atomic mass is 16.7. The molecule has 1 amide bonds. The van der Waals surface area contributed by atoms with Crippen LogP contribution in [0.4, 0.5) is 0 Å². The molecule has 0 aromatic rings. The monoisotopic (exact) mass is 980 g/mol. The Morgan fingerprint density at radius 2 is 0.797 bits per heavy atom. The normalized spacial score (nSPS) is 19.4. The van der Waals surface area contributed by atoms with Gasteiger partial charge in [-0.15, -0.1) is 0 Å². The zero-order valence-electron chi connectivity index (χ0n) is 45.6. The molecule has 7 unspecified atom stereocenters. The van der Waals surface area contributed by atoms with Crippen LogP contribution in [0, 0.1) is 0 Å². The number of nitrogens with one attached hydrogen (secondary N) is 1. The highest BCUT2D eigenvalue weighted by Crippen LogP contribution is 2.23. The molecule has 1 rings (SSSR count). The number of hydrogen-bond acceptors (Lipinski definition) is 8. The molecule has 1 aliphatic heterocycles. The van der Waals surface area contributed by atoms with Crippen LogP contribution in [0.5, 0.6) is 0 Å². The van der Waals surface area contributed by atoms with Gasteiger partial charge in [0, 0.05) is 6.42 Å². The minimum atomic E-state index is -1.56. The fourth-order valence-corrected chi connectivity index (χ4v) is 10.0. The van der Waals surface area contributed by atoms with E-state index in [1.807, 2.05) is 6.08 Å². The molecular weight excluding hydrogens is 863 g/mol. The van der Waals surface area contributed by atoms with E-state index >= 15 is 0 Å². The Hall–Kier alpha value is -1.07. The van der Waals surface area contributed by atoms with Gasteiger partial charge in [-0.3, -0.25) is 4.79 Å². The average molecular weight is 981 g/mol. The topological polar surface area (TPSA) is 149 Å². The fourth-order valence-electron chi connectivity index (χ4n) is 10.0. The summed E-state index contributed by atoms with van der Waals surface area (Å²) in [6.07, 6.45) is 55.8. The van der Waals surface area contributed by atoms with Crippen molar-refractivity contribution in [2.75, 3.05) is 13.2 Å². The molecule has 69 heavy (non-hydrogen) atoms. The molecule has 0 aromatic heterocycles. The molecule has 0 aromatic carbocycles. The lowest BCUT2D eigenvalue weighted by molar-refractivity contribution is -0.302. The number of carbonyl (C=O) groups excluding carboxylic acids is 1. The summed E-state index contributed by atoms with van der Waals surface area (Å²) >= 11 is 0. The molecule has 7 atom stereocenters. The number of rotatable bonds is 53. The van der Waals surface area contributed by atoms with E-state index in [2.05, 4.69) is 19.2 Å². The van der Waals surface area contributed by atoms with E-state index in [-0.39, 0.29) is 12.5 Å². The van der Waals surface area contributed by atoms with E-state index in [9.17, 15) is 30.3 Å². The van der Waals surface area contributed by atoms with Crippen molar-refractivity contribution in [1.82, 2.24) is 5.32 Å². The summed E-state index contributed by atoms with van der Waals surface area (Å²) in [5.74, 6) is -0.169. The third kappa shape index (κ3) is 40.1. The van der Waals surface area contributed by atoms with Crippen molar-refractivity contribution in [3.05, 3.63) is 12.2 Å². The van der Waals surface area contributed by atoms with Crippen LogP contribution < -0.4 is 5.32 Å². The maximum absolute atomic E-state index is 13.1. The summed E-state index contributed by atoms with van der Waals surface area (Å²) in [5.41, 5.74) is 0. The van der Waals surface area contributed by atoms with Crippen molar-refractivity contribution in [3.63, 3.8) is 0 Å². The minimum Gasteiger partial charge on any atom is -0.394 e. The van der Waals surface area contributed by atoms with E-state index in [0.29, 0.717) is 6.42 Å². The van der Waals surface area contributed by atoms with Crippen molar-refractivity contribution in [3.8, 4) is 0 Å². The third-order valence-electron chi connectivity index (χ3n) is 14.9. The number of amides is 1. The summed E-state index contributed by atoms with van der Waals surface area (Å²) in [6.45, 7) is 3.82. The maximum atomic E-state index is 13.1. The molecule has 1 heterocycles. The quantitative estimate of drug-likeness (QED) is 0.0261. The predicted molar refractivity (Wildman–Crippen MR) is 291 cm³/mol. The number of aliphatic hydroxyl groups excluding tert-OH is 5. The Labute approximate surface area is 426 Å². The van der Waals surface area contributed by atoms with E-state index in [4.69, 9.17) is 9.47 Å². The fraction of sp³-hybridized carbons (Fsp3) is 0.950. The van der Waals surface area contributed by atoms with Crippen LogP contribution in [-0.4, -0.2) is 87.5 Å². The average Bonchev–Trinajstić information content (AvgIpc) is 3.35. The number of unbranched alkanes of at least 4 members (excludes halogenated alkanes) is 43. The number of hydrogen-bond donors (Lipinski definition) is 6. The molecule has 0 bridgehead atoms. The molecule has 0 aliphatic carbocycles. The van der Waals surface area contributed by atoms with Gasteiger partial charge in [-0.25, -0.2) is 0 Å². The second kappa shape index (κ2) is 50.5. The van der Waals surface area contributed by atoms with Crippen molar-refractivity contribution in [2.45, 2.75) is 352 Å². The van der Waals surface area contributed by atoms with Crippen LogP contribution in [-0.2, 0) is 14.3 Å². The summed E-state index contributed by atoms with van der Waals surface area (Å²) in [5, 5.41) is 54.5. The summed E-state index contributed by atoms with van der Waals surface area (Å²) in [6, 6.07) is -0.800. The Balaban J connectivity index is 2.13. The van der Waals surface area contributed by atoms with Gasteiger partial charge in [0.05, 0.1) is 25.4 Å². The largest absolute Gasteiger partial charge is 0.394 e. The zero-order chi connectivity index (χ0) is 50.1. The van der Waals surface area contributed by atoms with Gasteiger partial charge in [0.15, 0.2) is 6.29 Å². The summed E-state index contributed by atoms with van der Waals surface area (Å²) in [4.78, 5) is 13.1. The molecular formula is C60H117NO8. The molecule has 0 saturated carbocycles. The Morgan fingerprint density at radius 3 is 1.13 bits per heavy atom. The molecule has 6 N–H and O–H groups in total. The molecule has 410 valence electrons. The van der Waals surface area contributed by atoms with Crippen molar-refractivity contribution >= 4 is 5.91 Å². The lowest BCUT2D eigenvalue weighted by atomic mass is 9.99. The van der Waals surface area contributed by atoms with Crippen LogP contribution in [0.15, 0.2) is 12.2 Å². The first-order valence-corrected chi connectivity index (χ1v) is 30.4. The molecule has 1 aliphatic rings. The Kier molecular flexibility index (Phi) is 48.2. The third-order valence-corrected chi connectivity index (χ3v) is 14.9. The summed E-state index contributed by atoms with van der Waals surface area (Å²) in [7, 11) is 0. The lowest BCUT2D eigenvalue weighted by Crippen LogP contribution is -2.60. The second-order valence-electron chi connectivity index (χ2n) is 21.5. The Bertz CT molecular complexity index is 1090. The van der Waals surface area contributed by atoms with E-state index < -0.39 is 49.5 Å². The highest BCUT2D eigenvalue weighted by molar-refractivity contribution is 5.76. The molecule has 0 spiro atoms. The lowest BCUT2D eigenvalue weighted by Gasteiger charge is -2.40. The van der Waals surface area contributed by atoms with Crippen molar-refractivity contribution < 1.29 is 39.8 Å². The molecule has 1 fully saturated rings. The Morgan fingerprint density at radius 1 is 0.478 bits per heavy atom. The van der Waals surface area contributed by atoms with Gasteiger partial charge < -0.3 is 40.3 Å². The predicted octanol–water partition coefficient (Wildman–Crippen LogP) is 15.2. The van der Waals surface area contributed by atoms with Crippen molar-refractivity contribution in [1.29, 1.82) is 0 Å². The van der Waals surface area contributed by atoms with Gasteiger partial charge in [0.25, 0.3) is 0 Å². The van der Waals surface area contributed by atoms with Crippen LogP contribution in [0.3, 0.4) is 0 Å². The number of aliphatic hydroxyl groups is 5. The smallest absolute Gasteiger partial charge is 0.220 e. The molecule has 1 saturated heterocycles. The standard InChI is InChI=1S/C60H117NO8/c1-3-5-7-9-11-13-15-17-19-21-22-23-24-25-26-27-28-29-30-31-32-33-34-36-38-40-42-44-46-48-50-56(64)61-53(52-68-60-59(67)58(66)57(65)55(51-62)69-60)54(63)49-47-45-43-41-39-37-35-20-18-16-14-12-10-8-6-4-2/h47,49,53-55,57-60,62-63,65-67H,3-46,48,50-52H2,1-2H3,(H,61,64)/b49-47+. The van der Waals surface area contributed by atoms with Gasteiger partial charge in [0.2, 0.25) is 5.91 Å². The van der Waals surface area contributed by atoms with Gasteiger partial charge >= 0.3 is 0 Å². The molecule has 9 heteroatoms. The minimum absolute atomic E-state index is 0.169. The first kappa shape index (κ1) is 65.9. The van der Waals surface area contributed by atoms with E-state index in [1.165, 1.54) is 250 Å². The number of ether oxygens (including phenoxy) is 2. The number of carbonyl (C=O) groups is 1. The van der Waals surface area contributed by atoms with Gasteiger partial charge in [-0.05, 0) is 19.3 Å². The first-order valence-electron chi connectivity index (χ1n) is 30.4. The van der Waals surface area contributed by atoms with Gasteiger partial charge in [0.1, 0.15) is 24.4 Å². The SMILES string of the molecule is CCCCCCCCCCCCCCCC/C=C/C(O)C(COC1OC(CO)C(O)C(O)C1O)NC(=O)CCCCCCCCCCCCCCCCCCCCCCCCCCCCCCCC. The van der Waals surface area contributed by atoms with Gasteiger partial charge in [-0.1, -0.05) is 296 Å². The van der Waals surface area contributed by atoms with Crippen LogP contribution in [0.1, 0.15) is 309 Å². The molecule has 9 nitrogen and oxygen atoms in total. The highest BCUT2D eigenvalue weighted by Gasteiger charge is 2.44. The summed E-state index contributed by atoms with van der Waals surface area (Å²) < 4.78 is 11.3. The van der Waals surface area contributed by atoms with Gasteiger partial charge in [-0.2, -0.15) is 0 Å². The molecule has 0 radical (unpaired) electrons. The van der Waals surface area contributed by atoms with E-state index in [0.717, 1.165) is 38.5 Å². The van der Waals surface area contributed by atoms with Crippen LogP contribution >= 0.6 is 0 Å². The second-order valence-corrected chi connectivity index (χ2v) is 21.5. The van der Waals surface area contributed by atoms with Crippen molar-refractivity contribution in [2.24, 2.45) is 0 Å². The first-order chi connectivity index (χ1) is 33.8. The van der Waals surface area contributed by atoms with Crippen LogP contribution in [0.25, 0.3) is 0 Å². The van der Waals surface area contributed by atoms with E-state index in [1.54, 1.807) is 6.08 Å². The maximum Gasteiger partial charge on any atom is 0.220 e.